The first kappa shape index (κ1) is 17.0. The molecule has 1 heterocycles. The Bertz CT molecular complexity index is 960. The maximum Gasteiger partial charge on any atom is 0.261 e. The van der Waals surface area contributed by atoms with E-state index in [0.717, 1.165) is 24.2 Å². The normalized spacial score (nSPS) is 13.2. The molecule has 0 spiro atoms. The zero-order valence-electron chi connectivity index (χ0n) is 13.7. The monoisotopic (exact) mass is 355 g/mol. The summed E-state index contributed by atoms with van der Waals surface area (Å²) < 4.78 is 27.6. The second-order valence-corrected chi connectivity index (χ2v) is 7.54. The van der Waals surface area contributed by atoms with Gasteiger partial charge in [-0.2, -0.15) is 5.26 Å². The number of rotatable bonds is 5. The highest BCUT2D eigenvalue weighted by Crippen LogP contribution is 2.31. The lowest BCUT2D eigenvalue weighted by molar-refractivity contribution is 0.101. The zero-order chi connectivity index (χ0) is 18.0. The van der Waals surface area contributed by atoms with Crippen molar-refractivity contribution in [3.05, 3.63) is 53.6 Å². The highest BCUT2D eigenvalue weighted by atomic mass is 32.2. The molecular weight excluding hydrogens is 338 g/mol. The van der Waals surface area contributed by atoms with Gasteiger partial charge in [0.05, 0.1) is 16.7 Å². The van der Waals surface area contributed by atoms with Crippen LogP contribution in [0.1, 0.15) is 22.8 Å². The first-order chi connectivity index (χ1) is 11.9. The topological polar surface area (TPSA) is 90.3 Å². The van der Waals surface area contributed by atoms with Gasteiger partial charge in [0, 0.05) is 17.8 Å². The standard InChI is InChI=1S/C18H17N3O3S/c1-13(22)14-3-6-17(7-4-14)25(23,24)20-16-5-2-15-8-10-21(11-9-19)18(15)12-16/h2-7,12,20H,8,10-11H2,1H3. The summed E-state index contributed by atoms with van der Waals surface area (Å²) in [6.07, 6.45) is 0.844. The molecule has 0 atom stereocenters. The quantitative estimate of drug-likeness (QED) is 0.657. The second-order valence-electron chi connectivity index (χ2n) is 5.86. The lowest BCUT2D eigenvalue weighted by Gasteiger charge is -2.16. The maximum atomic E-state index is 12.5. The first-order valence-corrected chi connectivity index (χ1v) is 9.28. The van der Waals surface area contributed by atoms with Crippen molar-refractivity contribution >= 4 is 27.2 Å². The number of nitrogens with one attached hydrogen (secondary N) is 1. The molecule has 0 unspecified atom stereocenters. The van der Waals surface area contributed by atoms with Gasteiger partial charge in [0.1, 0.15) is 6.54 Å². The van der Waals surface area contributed by atoms with E-state index in [0.29, 0.717) is 11.3 Å². The maximum absolute atomic E-state index is 12.5. The highest BCUT2D eigenvalue weighted by Gasteiger charge is 2.21. The van der Waals surface area contributed by atoms with Crippen molar-refractivity contribution in [3.63, 3.8) is 0 Å². The van der Waals surface area contributed by atoms with Crippen molar-refractivity contribution in [2.75, 3.05) is 22.7 Å². The Morgan fingerprint density at radius 1 is 1.24 bits per heavy atom. The minimum absolute atomic E-state index is 0.0897. The molecule has 0 fully saturated rings. The molecule has 1 aliphatic heterocycles. The smallest absolute Gasteiger partial charge is 0.261 e. The second kappa shape index (κ2) is 6.57. The number of anilines is 2. The van der Waals surface area contributed by atoms with E-state index in [-0.39, 0.29) is 17.2 Å². The minimum Gasteiger partial charge on any atom is -0.358 e. The van der Waals surface area contributed by atoms with Crippen LogP contribution in [-0.2, 0) is 16.4 Å². The van der Waals surface area contributed by atoms with Crippen LogP contribution in [0, 0.1) is 11.3 Å². The van der Waals surface area contributed by atoms with E-state index in [9.17, 15) is 13.2 Å². The first-order valence-electron chi connectivity index (χ1n) is 7.79. The summed E-state index contributed by atoms with van der Waals surface area (Å²) in [6.45, 7) is 2.46. The molecule has 0 amide bonds. The molecule has 0 aromatic heterocycles. The van der Waals surface area contributed by atoms with Crippen molar-refractivity contribution in [1.29, 1.82) is 5.26 Å². The molecule has 6 nitrogen and oxygen atoms in total. The number of fused-ring (bicyclic) bond motifs is 1. The molecule has 0 saturated heterocycles. The summed E-state index contributed by atoms with van der Waals surface area (Å²) >= 11 is 0. The van der Waals surface area contributed by atoms with Crippen LogP contribution in [0.2, 0.25) is 0 Å². The number of sulfonamides is 1. The van der Waals surface area contributed by atoms with Crippen molar-refractivity contribution in [2.45, 2.75) is 18.2 Å². The summed E-state index contributed by atoms with van der Waals surface area (Å²) in [5, 5.41) is 8.89. The number of ketones is 1. The predicted octanol–water partition coefficient (Wildman–Crippen LogP) is 2.58. The third-order valence-electron chi connectivity index (χ3n) is 4.16. The van der Waals surface area contributed by atoms with Gasteiger partial charge in [0.25, 0.3) is 10.0 Å². The van der Waals surface area contributed by atoms with Crippen LogP contribution >= 0.6 is 0 Å². The summed E-state index contributed by atoms with van der Waals surface area (Å²) in [7, 11) is -3.75. The van der Waals surface area contributed by atoms with Gasteiger partial charge in [-0.15, -0.1) is 0 Å². The molecule has 1 aliphatic rings. The third-order valence-corrected chi connectivity index (χ3v) is 5.56. The lowest BCUT2D eigenvalue weighted by atomic mass is 10.1. The minimum atomic E-state index is -3.75. The Labute approximate surface area is 146 Å². The van der Waals surface area contributed by atoms with E-state index in [1.165, 1.54) is 31.2 Å². The molecule has 2 aromatic rings. The zero-order valence-corrected chi connectivity index (χ0v) is 14.5. The van der Waals surface area contributed by atoms with E-state index in [4.69, 9.17) is 5.26 Å². The number of carbonyl (C=O) groups excluding carboxylic acids is 1. The number of hydrogen-bond acceptors (Lipinski definition) is 5. The van der Waals surface area contributed by atoms with Crippen molar-refractivity contribution in [1.82, 2.24) is 0 Å². The van der Waals surface area contributed by atoms with Crippen LogP contribution in [-0.4, -0.2) is 27.3 Å². The van der Waals surface area contributed by atoms with Crippen molar-refractivity contribution in [2.24, 2.45) is 0 Å². The number of hydrogen-bond donors (Lipinski definition) is 1. The van der Waals surface area contributed by atoms with Crippen LogP contribution in [0.4, 0.5) is 11.4 Å². The average molecular weight is 355 g/mol. The van der Waals surface area contributed by atoms with Gasteiger partial charge in [-0.25, -0.2) is 8.42 Å². The molecule has 0 aliphatic carbocycles. The summed E-state index contributed by atoms with van der Waals surface area (Å²) in [6, 6.07) is 13.3. The summed E-state index contributed by atoms with van der Waals surface area (Å²) in [5.41, 5.74) is 2.89. The Morgan fingerprint density at radius 2 is 1.96 bits per heavy atom. The molecule has 7 heteroatoms. The number of carbonyl (C=O) groups is 1. The van der Waals surface area contributed by atoms with E-state index in [2.05, 4.69) is 10.8 Å². The molecule has 128 valence electrons. The lowest BCUT2D eigenvalue weighted by Crippen LogP contribution is -2.20. The number of benzene rings is 2. The van der Waals surface area contributed by atoms with E-state index < -0.39 is 10.0 Å². The molecule has 0 saturated carbocycles. The Balaban J connectivity index is 1.85. The molecule has 3 rings (SSSR count). The van der Waals surface area contributed by atoms with Gasteiger partial charge >= 0.3 is 0 Å². The van der Waals surface area contributed by atoms with Crippen LogP contribution < -0.4 is 9.62 Å². The predicted molar refractivity (Wildman–Crippen MR) is 95.2 cm³/mol. The SMILES string of the molecule is CC(=O)c1ccc(S(=O)(=O)Nc2ccc3c(c2)N(CC#N)CC3)cc1. The third kappa shape index (κ3) is 3.49. The van der Waals surface area contributed by atoms with Crippen LogP contribution in [0.15, 0.2) is 47.4 Å². The molecule has 1 N–H and O–H groups in total. The Morgan fingerprint density at radius 3 is 2.60 bits per heavy atom. The van der Waals surface area contributed by atoms with Crippen LogP contribution in [0.5, 0.6) is 0 Å². The van der Waals surface area contributed by atoms with E-state index in [1.807, 2.05) is 11.0 Å². The number of nitrogens with zero attached hydrogens (tertiary/aromatic N) is 2. The largest absolute Gasteiger partial charge is 0.358 e. The summed E-state index contributed by atoms with van der Waals surface area (Å²) in [5.74, 6) is -0.117. The van der Waals surface area contributed by atoms with Crippen LogP contribution in [0.3, 0.4) is 0 Å². The average Bonchev–Trinajstić information content (AvgIpc) is 2.97. The molecule has 25 heavy (non-hydrogen) atoms. The fourth-order valence-electron chi connectivity index (χ4n) is 2.84. The number of Topliss-reactive ketones (excluding diaryl/α,β-unsaturated/α-hetero) is 1. The highest BCUT2D eigenvalue weighted by molar-refractivity contribution is 7.92. The molecule has 2 aromatic carbocycles. The molecule has 0 radical (unpaired) electrons. The Hall–Kier alpha value is -2.85. The van der Waals surface area contributed by atoms with E-state index in [1.54, 1.807) is 12.1 Å². The summed E-state index contributed by atoms with van der Waals surface area (Å²) in [4.78, 5) is 13.3. The van der Waals surface area contributed by atoms with Gasteiger partial charge in [0.2, 0.25) is 0 Å². The molecular formula is C18H17N3O3S. The van der Waals surface area contributed by atoms with Gasteiger partial charge in [-0.3, -0.25) is 9.52 Å². The van der Waals surface area contributed by atoms with Crippen LogP contribution in [0.25, 0.3) is 0 Å². The van der Waals surface area contributed by atoms with Gasteiger partial charge < -0.3 is 4.90 Å². The van der Waals surface area contributed by atoms with Crippen molar-refractivity contribution < 1.29 is 13.2 Å². The van der Waals surface area contributed by atoms with Crippen molar-refractivity contribution in [3.8, 4) is 6.07 Å². The number of nitriles is 1. The fraction of sp³-hybridized carbons (Fsp3) is 0.222. The Kier molecular flexibility index (Phi) is 4.47. The van der Waals surface area contributed by atoms with Gasteiger partial charge in [0.15, 0.2) is 5.78 Å². The van der Waals surface area contributed by atoms with Gasteiger partial charge in [-0.05, 0) is 43.2 Å². The van der Waals surface area contributed by atoms with E-state index >= 15 is 0 Å². The van der Waals surface area contributed by atoms with Gasteiger partial charge in [-0.1, -0.05) is 18.2 Å². The molecule has 0 bridgehead atoms. The fourth-order valence-corrected chi connectivity index (χ4v) is 3.89.